The standard InChI is InChI=1S/C22H30N4O2/c1-6-7-8-9-14(2)19-11-15(3)17(5)13-26(19)22(28)21(27)25-18-10-16(4)20(23)24-12-18/h6-10,12,15,17,19H,2,11,13H2,1,3-5H3,(H2,23,24)(H,25,27)/b7-6-,9-8-/t15-,17+,19-/m0/s1. The van der Waals surface area contributed by atoms with Gasteiger partial charge in [0.2, 0.25) is 0 Å². The van der Waals surface area contributed by atoms with Gasteiger partial charge in [-0.15, -0.1) is 0 Å². The maximum atomic E-state index is 12.9. The first-order valence-corrected chi connectivity index (χ1v) is 9.56. The van der Waals surface area contributed by atoms with E-state index in [2.05, 4.69) is 30.7 Å². The second-order valence-corrected chi connectivity index (χ2v) is 7.50. The van der Waals surface area contributed by atoms with Crippen molar-refractivity contribution in [3.05, 3.63) is 54.3 Å². The maximum absolute atomic E-state index is 12.9. The molecule has 150 valence electrons. The average molecular weight is 383 g/mol. The fourth-order valence-electron chi connectivity index (χ4n) is 3.28. The largest absolute Gasteiger partial charge is 0.383 e. The van der Waals surface area contributed by atoms with Crippen LogP contribution < -0.4 is 11.1 Å². The Labute approximate surface area is 167 Å². The van der Waals surface area contributed by atoms with Crippen molar-refractivity contribution in [3.63, 3.8) is 0 Å². The van der Waals surface area contributed by atoms with Crippen LogP contribution in [-0.4, -0.2) is 34.3 Å². The Kier molecular flexibility index (Phi) is 7.15. The summed E-state index contributed by atoms with van der Waals surface area (Å²) in [7, 11) is 0. The van der Waals surface area contributed by atoms with Crippen LogP contribution in [0, 0.1) is 18.8 Å². The SMILES string of the molecule is C=C(/C=C\C=C/C)[C@@H]1C[C@H](C)[C@H](C)CN1C(=O)C(=O)Nc1cnc(N)c(C)c1. The number of anilines is 2. The van der Waals surface area contributed by atoms with Gasteiger partial charge in [0.25, 0.3) is 0 Å². The first-order valence-electron chi connectivity index (χ1n) is 9.56. The summed E-state index contributed by atoms with van der Waals surface area (Å²) in [6.45, 7) is 12.7. The Morgan fingerprint density at radius 3 is 2.68 bits per heavy atom. The highest BCUT2D eigenvalue weighted by molar-refractivity contribution is 6.39. The number of nitrogens with one attached hydrogen (secondary N) is 1. The van der Waals surface area contributed by atoms with E-state index < -0.39 is 11.8 Å². The summed E-state index contributed by atoms with van der Waals surface area (Å²) in [6, 6.07) is 1.50. The van der Waals surface area contributed by atoms with E-state index in [1.165, 1.54) is 6.20 Å². The number of nitrogens with zero attached hydrogens (tertiary/aromatic N) is 2. The molecule has 28 heavy (non-hydrogen) atoms. The number of nitrogen functional groups attached to an aromatic ring is 1. The van der Waals surface area contributed by atoms with E-state index in [4.69, 9.17) is 5.73 Å². The number of hydrogen-bond acceptors (Lipinski definition) is 4. The highest BCUT2D eigenvalue weighted by atomic mass is 16.2. The van der Waals surface area contributed by atoms with Gasteiger partial charge in [-0.2, -0.15) is 0 Å². The van der Waals surface area contributed by atoms with Crippen molar-refractivity contribution < 1.29 is 9.59 Å². The Hall–Kier alpha value is -2.89. The van der Waals surface area contributed by atoms with Crippen molar-refractivity contribution >= 4 is 23.3 Å². The minimum absolute atomic E-state index is 0.197. The molecule has 0 saturated carbocycles. The number of aryl methyl sites for hydroxylation is 1. The first-order chi connectivity index (χ1) is 13.2. The molecule has 1 aromatic rings. The summed E-state index contributed by atoms with van der Waals surface area (Å²) in [5.41, 5.74) is 7.72. The van der Waals surface area contributed by atoms with Crippen molar-refractivity contribution in [3.8, 4) is 0 Å². The number of rotatable bonds is 4. The summed E-state index contributed by atoms with van der Waals surface area (Å²) in [5.74, 6) is -0.0945. The van der Waals surface area contributed by atoms with Gasteiger partial charge in [-0.1, -0.05) is 44.7 Å². The maximum Gasteiger partial charge on any atom is 0.313 e. The molecule has 0 aromatic carbocycles. The molecule has 0 radical (unpaired) electrons. The van der Waals surface area contributed by atoms with Crippen LogP contribution in [0.1, 0.15) is 32.8 Å². The normalized spacial score (nSPS) is 22.6. The zero-order valence-corrected chi connectivity index (χ0v) is 17.1. The summed E-state index contributed by atoms with van der Waals surface area (Å²) in [6.07, 6.45) is 9.87. The van der Waals surface area contributed by atoms with Crippen LogP contribution in [0.5, 0.6) is 0 Å². The second kappa shape index (κ2) is 9.35. The third-order valence-corrected chi connectivity index (χ3v) is 5.30. The number of amides is 2. The van der Waals surface area contributed by atoms with E-state index in [0.29, 0.717) is 29.9 Å². The van der Waals surface area contributed by atoms with Crippen LogP contribution in [0.2, 0.25) is 0 Å². The van der Waals surface area contributed by atoms with E-state index >= 15 is 0 Å². The van der Waals surface area contributed by atoms with Gasteiger partial charge >= 0.3 is 11.8 Å². The van der Waals surface area contributed by atoms with Gasteiger partial charge in [-0.3, -0.25) is 9.59 Å². The van der Waals surface area contributed by atoms with E-state index in [9.17, 15) is 9.59 Å². The zero-order chi connectivity index (χ0) is 20.8. The lowest BCUT2D eigenvalue weighted by Crippen LogP contribution is -2.52. The Morgan fingerprint density at radius 2 is 2.04 bits per heavy atom. The fourth-order valence-corrected chi connectivity index (χ4v) is 3.28. The number of nitrogens with two attached hydrogens (primary N) is 1. The molecule has 2 amide bonds. The molecule has 2 heterocycles. The third-order valence-electron chi connectivity index (χ3n) is 5.30. The smallest absolute Gasteiger partial charge is 0.313 e. The van der Waals surface area contributed by atoms with Crippen LogP contribution in [0.25, 0.3) is 0 Å². The summed E-state index contributed by atoms with van der Waals surface area (Å²) >= 11 is 0. The van der Waals surface area contributed by atoms with Gasteiger partial charge < -0.3 is 16.0 Å². The van der Waals surface area contributed by atoms with Gasteiger partial charge in [0.15, 0.2) is 0 Å². The molecule has 3 atom stereocenters. The Bertz CT molecular complexity index is 813. The topological polar surface area (TPSA) is 88.3 Å². The average Bonchev–Trinajstić information content (AvgIpc) is 2.66. The quantitative estimate of drug-likeness (QED) is 0.616. The van der Waals surface area contributed by atoms with Gasteiger partial charge in [-0.25, -0.2) is 4.98 Å². The molecule has 2 rings (SSSR count). The Morgan fingerprint density at radius 1 is 1.32 bits per heavy atom. The molecule has 1 aliphatic rings. The molecule has 3 N–H and O–H groups in total. The molecule has 0 spiro atoms. The number of hydrogen-bond donors (Lipinski definition) is 2. The molecule has 1 aromatic heterocycles. The number of carbonyl (C=O) groups excluding carboxylic acids is 2. The highest BCUT2D eigenvalue weighted by Crippen LogP contribution is 2.31. The number of pyridine rings is 1. The molecule has 6 heteroatoms. The summed E-state index contributed by atoms with van der Waals surface area (Å²) in [4.78, 5) is 31.2. The molecule has 0 unspecified atom stereocenters. The van der Waals surface area contributed by atoms with E-state index in [-0.39, 0.29) is 6.04 Å². The van der Waals surface area contributed by atoms with Gasteiger partial charge in [0.05, 0.1) is 17.9 Å². The molecule has 0 bridgehead atoms. The summed E-state index contributed by atoms with van der Waals surface area (Å²) in [5, 5.41) is 2.64. The highest BCUT2D eigenvalue weighted by Gasteiger charge is 2.37. The third kappa shape index (κ3) is 5.09. The second-order valence-electron chi connectivity index (χ2n) is 7.50. The van der Waals surface area contributed by atoms with Crippen molar-refractivity contribution in [2.24, 2.45) is 11.8 Å². The lowest BCUT2D eigenvalue weighted by atomic mass is 9.82. The molecule has 1 aliphatic heterocycles. The monoisotopic (exact) mass is 382 g/mol. The van der Waals surface area contributed by atoms with Crippen molar-refractivity contribution in [2.45, 2.75) is 40.2 Å². The minimum atomic E-state index is -0.678. The zero-order valence-electron chi connectivity index (χ0n) is 17.1. The molecule has 0 aliphatic carbocycles. The number of likely N-dealkylation sites (tertiary alicyclic amines) is 1. The number of piperidine rings is 1. The number of aromatic nitrogens is 1. The van der Waals surface area contributed by atoms with E-state index in [0.717, 1.165) is 17.6 Å². The van der Waals surface area contributed by atoms with Gasteiger partial charge in [-0.05, 0) is 49.3 Å². The van der Waals surface area contributed by atoms with Crippen LogP contribution >= 0.6 is 0 Å². The predicted molar refractivity (Wildman–Crippen MR) is 114 cm³/mol. The lowest BCUT2D eigenvalue weighted by molar-refractivity contribution is -0.146. The Balaban J connectivity index is 2.18. The van der Waals surface area contributed by atoms with Crippen molar-refractivity contribution in [1.82, 2.24) is 9.88 Å². The van der Waals surface area contributed by atoms with Crippen molar-refractivity contribution in [1.29, 1.82) is 0 Å². The number of allylic oxidation sites excluding steroid dienone is 3. The summed E-state index contributed by atoms with van der Waals surface area (Å²) < 4.78 is 0. The van der Waals surface area contributed by atoms with Crippen LogP contribution in [0.15, 0.2) is 48.7 Å². The minimum Gasteiger partial charge on any atom is -0.383 e. The molecule has 1 saturated heterocycles. The fraction of sp³-hybridized carbons (Fsp3) is 0.409. The van der Waals surface area contributed by atoms with E-state index in [1.807, 2.05) is 31.2 Å². The molecule has 6 nitrogen and oxygen atoms in total. The van der Waals surface area contributed by atoms with Gasteiger partial charge in [0, 0.05) is 6.54 Å². The predicted octanol–water partition coefficient (Wildman–Crippen LogP) is 3.47. The van der Waals surface area contributed by atoms with Crippen molar-refractivity contribution in [2.75, 3.05) is 17.6 Å². The van der Waals surface area contributed by atoms with Gasteiger partial charge in [0.1, 0.15) is 5.82 Å². The molecular formula is C22H30N4O2. The first kappa shape index (κ1) is 21.4. The van der Waals surface area contributed by atoms with E-state index in [1.54, 1.807) is 17.9 Å². The van der Waals surface area contributed by atoms with Crippen LogP contribution in [-0.2, 0) is 9.59 Å². The molecular weight excluding hydrogens is 352 g/mol. The van der Waals surface area contributed by atoms with Crippen LogP contribution in [0.3, 0.4) is 0 Å². The lowest BCUT2D eigenvalue weighted by Gasteiger charge is -2.42. The number of carbonyl (C=O) groups is 2. The van der Waals surface area contributed by atoms with Crippen LogP contribution in [0.4, 0.5) is 11.5 Å². The molecule has 1 fully saturated rings.